The summed E-state index contributed by atoms with van der Waals surface area (Å²) in [6.07, 6.45) is 0. The summed E-state index contributed by atoms with van der Waals surface area (Å²) in [7, 11) is -15.4. The molecule has 23 heteroatoms. The number of hydrogen-bond acceptors (Lipinski definition) is 14. The van der Waals surface area contributed by atoms with Crippen molar-refractivity contribution in [3.63, 3.8) is 0 Å². The van der Waals surface area contributed by atoms with Gasteiger partial charge < -0.3 is 21.3 Å². The number of phenolic OH excluding ortho intramolecular Hbond substituents is 2. The molecule has 4 rings (SSSR count). The number of rotatable bonds is 7. The zero-order chi connectivity index (χ0) is 32.2. The van der Waals surface area contributed by atoms with E-state index in [1.54, 1.807) is 0 Å². The third kappa shape index (κ3) is 6.51. The van der Waals surface area contributed by atoms with Crippen molar-refractivity contribution in [2.45, 2.75) is 14.7 Å². The summed E-state index contributed by atoms with van der Waals surface area (Å²) in [5, 5.41) is 29.1. The molecule has 0 saturated heterocycles. The molecule has 0 bridgehead atoms. The van der Waals surface area contributed by atoms with Gasteiger partial charge in [0.15, 0.2) is 22.5 Å². The lowest BCUT2D eigenvalue weighted by atomic mass is 10.1. The molecule has 17 nitrogen and oxygen atoms in total. The first-order chi connectivity index (χ1) is 19.7. The molecule has 8 N–H and O–H groups in total. The minimum Gasteiger partial charge on any atom is -0.505 e. The van der Waals surface area contributed by atoms with E-state index in [2.05, 4.69) is 25.5 Å². The van der Waals surface area contributed by atoms with E-state index in [0.29, 0.717) is 6.07 Å². The van der Waals surface area contributed by atoms with Gasteiger partial charge in [-0.3, -0.25) is 13.7 Å². The first-order valence-electron chi connectivity index (χ1n) is 10.6. The van der Waals surface area contributed by atoms with Crippen LogP contribution in [0.2, 0.25) is 15.5 Å². The molecule has 0 fully saturated rings. The Morgan fingerprint density at radius 1 is 0.744 bits per heavy atom. The molecular weight excluding hydrogens is 703 g/mol. The zero-order valence-electron chi connectivity index (χ0n) is 20.3. The van der Waals surface area contributed by atoms with Gasteiger partial charge in [0.1, 0.15) is 31.1 Å². The number of fused-ring (bicyclic) bond motifs is 1. The minimum atomic E-state index is -5.18. The van der Waals surface area contributed by atoms with E-state index in [9.17, 15) is 49.1 Å². The Hall–Kier alpha value is -3.60. The van der Waals surface area contributed by atoms with Crippen molar-refractivity contribution in [3.8, 4) is 11.5 Å². The van der Waals surface area contributed by atoms with E-state index >= 15 is 0 Å². The number of benzene rings is 3. The Bertz CT molecular complexity index is 2220. The highest BCUT2D eigenvalue weighted by Gasteiger charge is 2.27. The van der Waals surface area contributed by atoms with Crippen LogP contribution in [0.3, 0.4) is 0 Å². The predicted octanol–water partition coefficient (Wildman–Crippen LogP) is 4.48. The van der Waals surface area contributed by atoms with Crippen molar-refractivity contribution in [3.05, 3.63) is 45.8 Å². The summed E-state index contributed by atoms with van der Waals surface area (Å²) >= 11 is 17.6. The monoisotopic (exact) mass is 714 g/mol. The summed E-state index contributed by atoms with van der Waals surface area (Å²) in [6.45, 7) is 0. The van der Waals surface area contributed by atoms with Gasteiger partial charge in [-0.15, -0.1) is 10.2 Å². The molecule has 0 aliphatic rings. The largest absolute Gasteiger partial charge is 0.505 e. The number of phenols is 2. The highest BCUT2D eigenvalue weighted by atomic mass is 35.5. The standard InChI is InChI=1S/C20H13Cl3N6O11S3/c21-14-18(22)26-20(23)27-19(14)25-6-3-9(16(30)12(4-6)43(38,39)40)29-28-8-2-1-7-10(41(32,33)34)5-11(42(35,36)37)15(24)13(7)17(8)31/h1-5,30-31H,24H2,(H,25,26,27)(H,32,33,34)(H,35,36,37)(H,38,39,40). The topological polar surface area (TPSA) is 292 Å². The summed E-state index contributed by atoms with van der Waals surface area (Å²) in [5.41, 5.74) is 3.51. The Balaban J connectivity index is 1.93. The molecule has 0 amide bonds. The highest BCUT2D eigenvalue weighted by Crippen LogP contribution is 2.45. The molecule has 43 heavy (non-hydrogen) atoms. The van der Waals surface area contributed by atoms with E-state index in [0.717, 1.165) is 24.3 Å². The lowest BCUT2D eigenvalue weighted by Crippen LogP contribution is -2.08. The number of azo groups is 1. The molecule has 4 aromatic rings. The molecule has 228 valence electrons. The maximum absolute atomic E-state index is 11.9. The van der Waals surface area contributed by atoms with Crippen LogP contribution in [-0.2, 0) is 30.4 Å². The number of anilines is 3. The number of nitrogens with zero attached hydrogens (tertiary/aromatic N) is 4. The maximum Gasteiger partial charge on any atom is 0.298 e. The number of aromatic nitrogens is 2. The lowest BCUT2D eigenvalue weighted by molar-refractivity contribution is 0.444. The van der Waals surface area contributed by atoms with Crippen LogP contribution in [0.1, 0.15) is 0 Å². The molecule has 0 atom stereocenters. The van der Waals surface area contributed by atoms with Gasteiger partial charge in [0.25, 0.3) is 30.4 Å². The fourth-order valence-electron chi connectivity index (χ4n) is 3.62. The van der Waals surface area contributed by atoms with Gasteiger partial charge in [-0.2, -0.15) is 30.2 Å². The van der Waals surface area contributed by atoms with Crippen LogP contribution in [0, 0.1) is 0 Å². The summed E-state index contributed by atoms with van der Waals surface area (Å²) < 4.78 is 99.9. The van der Waals surface area contributed by atoms with Crippen LogP contribution in [-0.4, -0.2) is 59.1 Å². The van der Waals surface area contributed by atoms with Crippen LogP contribution in [0.4, 0.5) is 28.6 Å². The fourth-order valence-corrected chi connectivity index (χ4v) is 6.20. The number of aromatic hydroxyl groups is 2. The minimum absolute atomic E-state index is 0.227. The van der Waals surface area contributed by atoms with E-state index in [1.165, 1.54) is 0 Å². The molecule has 1 heterocycles. The Morgan fingerprint density at radius 3 is 1.91 bits per heavy atom. The molecule has 0 saturated carbocycles. The van der Waals surface area contributed by atoms with E-state index in [1.807, 2.05) is 0 Å². The zero-order valence-corrected chi connectivity index (χ0v) is 25.0. The quantitative estimate of drug-likeness (QED) is 0.0346. The Labute approximate surface area is 255 Å². The van der Waals surface area contributed by atoms with Crippen molar-refractivity contribution >= 4 is 104 Å². The van der Waals surface area contributed by atoms with Crippen LogP contribution < -0.4 is 11.1 Å². The smallest absolute Gasteiger partial charge is 0.298 e. The second-order valence-electron chi connectivity index (χ2n) is 8.18. The lowest BCUT2D eigenvalue weighted by Gasteiger charge is -2.13. The van der Waals surface area contributed by atoms with Crippen LogP contribution >= 0.6 is 34.8 Å². The summed E-state index contributed by atoms with van der Waals surface area (Å²) in [5.74, 6) is -2.35. The summed E-state index contributed by atoms with van der Waals surface area (Å²) in [6, 6.07) is 4.00. The molecule has 0 aliphatic heterocycles. The first-order valence-corrected chi connectivity index (χ1v) is 16.1. The molecule has 0 aliphatic carbocycles. The van der Waals surface area contributed by atoms with E-state index in [-0.39, 0.29) is 27.0 Å². The van der Waals surface area contributed by atoms with Crippen LogP contribution in [0.5, 0.6) is 11.5 Å². The van der Waals surface area contributed by atoms with Gasteiger partial charge in [0.05, 0.1) is 11.1 Å². The number of hydrogen-bond donors (Lipinski definition) is 7. The second-order valence-corrected chi connectivity index (χ2v) is 13.4. The average Bonchev–Trinajstić information content (AvgIpc) is 2.85. The SMILES string of the molecule is Nc1c(S(=O)(=O)O)cc(S(=O)(=O)O)c2ccc(N=Nc3cc(Nc4nc(Cl)nc(Cl)c4Cl)cc(S(=O)(=O)O)c3O)c(O)c12. The average molecular weight is 716 g/mol. The van der Waals surface area contributed by atoms with Gasteiger partial charge >= 0.3 is 0 Å². The van der Waals surface area contributed by atoms with Gasteiger partial charge in [-0.25, -0.2) is 4.98 Å². The van der Waals surface area contributed by atoms with Gasteiger partial charge in [-0.05, 0) is 35.9 Å². The third-order valence-corrected chi connectivity index (χ3v) is 8.97. The van der Waals surface area contributed by atoms with Crippen molar-refractivity contribution in [2.75, 3.05) is 11.1 Å². The van der Waals surface area contributed by atoms with E-state index in [4.69, 9.17) is 40.5 Å². The fraction of sp³-hybridized carbons (Fsp3) is 0. The molecule has 0 spiro atoms. The highest BCUT2D eigenvalue weighted by molar-refractivity contribution is 7.87. The molecule has 0 unspecified atom stereocenters. The first kappa shape index (κ1) is 32.3. The normalized spacial score (nSPS) is 12.7. The van der Waals surface area contributed by atoms with Crippen molar-refractivity contribution in [2.24, 2.45) is 10.2 Å². The molecule has 1 aromatic heterocycles. The second kappa shape index (κ2) is 11.2. The summed E-state index contributed by atoms with van der Waals surface area (Å²) in [4.78, 5) is 4.12. The Kier molecular flexibility index (Phi) is 8.38. The van der Waals surface area contributed by atoms with Gasteiger partial charge in [0, 0.05) is 11.1 Å². The number of nitrogens with two attached hydrogens (primary N) is 1. The third-order valence-electron chi connectivity index (χ3n) is 5.42. The maximum atomic E-state index is 11.9. The Morgan fingerprint density at radius 2 is 1.33 bits per heavy atom. The van der Waals surface area contributed by atoms with Gasteiger partial charge in [0.2, 0.25) is 5.28 Å². The van der Waals surface area contributed by atoms with E-state index < -0.39 is 84.4 Å². The predicted molar refractivity (Wildman–Crippen MR) is 152 cm³/mol. The molecular formula is C20H13Cl3N6O11S3. The molecule has 0 radical (unpaired) electrons. The number of halogens is 3. The van der Waals surface area contributed by atoms with Crippen molar-refractivity contribution < 1.29 is 49.1 Å². The number of nitrogen functional groups attached to an aromatic ring is 1. The van der Waals surface area contributed by atoms with Gasteiger partial charge in [-0.1, -0.05) is 29.3 Å². The van der Waals surface area contributed by atoms with Crippen molar-refractivity contribution in [1.82, 2.24) is 9.97 Å². The van der Waals surface area contributed by atoms with Crippen LogP contribution in [0.15, 0.2) is 55.2 Å². The van der Waals surface area contributed by atoms with Crippen LogP contribution in [0.25, 0.3) is 10.8 Å². The van der Waals surface area contributed by atoms with Crippen molar-refractivity contribution in [1.29, 1.82) is 0 Å². The number of nitrogens with one attached hydrogen (secondary N) is 1. The molecule has 3 aromatic carbocycles.